The van der Waals surface area contributed by atoms with Gasteiger partial charge in [0, 0.05) is 51.5 Å². The highest BCUT2D eigenvalue weighted by molar-refractivity contribution is 5.76. The van der Waals surface area contributed by atoms with Crippen LogP contribution in [-0.4, -0.2) is 53.5 Å². The maximum Gasteiger partial charge on any atom is 0.222 e. The Kier molecular flexibility index (Phi) is 6.61. The predicted octanol–water partition coefficient (Wildman–Crippen LogP) is 2.76. The van der Waals surface area contributed by atoms with Gasteiger partial charge >= 0.3 is 0 Å². The highest BCUT2D eigenvalue weighted by Crippen LogP contribution is 2.20. The molecule has 1 aliphatic rings. The van der Waals surface area contributed by atoms with Crippen molar-refractivity contribution >= 4 is 5.91 Å². The third-order valence-electron chi connectivity index (χ3n) is 4.73. The third kappa shape index (κ3) is 5.05. The van der Waals surface area contributed by atoms with Crippen molar-refractivity contribution in [2.45, 2.75) is 26.3 Å². The van der Waals surface area contributed by atoms with Gasteiger partial charge in [-0.2, -0.15) is 0 Å². The Balaban J connectivity index is 1.45. The van der Waals surface area contributed by atoms with Crippen LogP contribution in [0.1, 0.15) is 24.5 Å². The van der Waals surface area contributed by atoms with E-state index in [2.05, 4.69) is 16.0 Å². The molecular weight excluding hydrogens is 326 g/mol. The number of piperazine rings is 1. The molecule has 3 rings (SSSR count). The first-order chi connectivity index (χ1) is 12.8. The molecule has 0 unspecified atom stereocenters. The summed E-state index contributed by atoms with van der Waals surface area (Å²) in [6.45, 7) is 6.94. The van der Waals surface area contributed by atoms with Gasteiger partial charge in [0.1, 0.15) is 5.75 Å². The zero-order valence-corrected chi connectivity index (χ0v) is 15.4. The summed E-state index contributed by atoms with van der Waals surface area (Å²) in [6.07, 6.45) is 4.97. The maximum absolute atomic E-state index is 12.6. The number of aromatic nitrogens is 1. The van der Waals surface area contributed by atoms with E-state index in [0.29, 0.717) is 13.0 Å². The van der Waals surface area contributed by atoms with Gasteiger partial charge in [-0.05, 0) is 36.6 Å². The van der Waals surface area contributed by atoms with Crippen LogP contribution < -0.4 is 4.74 Å². The topological polar surface area (TPSA) is 45.7 Å². The average Bonchev–Trinajstić information content (AvgIpc) is 2.69. The van der Waals surface area contributed by atoms with Crippen LogP contribution in [0.25, 0.3) is 0 Å². The Morgan fingerprint density at radius 1 is 1.12 bits per heavy atom. The molecule has 2 aromatic rings. The Morgan fingerprint density at radius 3 is 2.65 bits per heavy atom. The van der Waals surface area contributed by atoms with E-state index in [1.807, 2.05) is 48.4 Å². The van der Waals surface area contributed by atoms with Crippen LogP contribution in [0, 0.1) is 0 Å². The van der Waals surface area contributed by atoms with Gasteiger partial charge in [0.2, 0.25) is 5.91 Å². The SMILES string of the molecule is CCOc1ccccc1CCC(=O)N1CCN(Cc2cccnc2)CC1. The van der Waals surface area contributed by atoms with E-state index in [9.17, 15) is 4.79 Å². The van der Waals surface area contributed by atoms with Crippen LogP contribution in [0.2, 0.25) is 0 Å². The minimum atomic E-state index is 0.234. The summed E-state index contributed by atoms with van der Waals surface area (Å²) >= 11 is 0. The molecule has 138 valence electrons. The fourth-order valence-corrected chi connectivity index (χ4v) is 3.31. The van der Waals surface area contributed by atoms with Crippen LogP contribution in [0.4, 0.5) is 0 Å². The molecule has 1 saturated heterocycles. The fraction of sp³-hybridized carbons (Fsp3) is 0.429. The summed E-state index contributed by atoms with van der Waals surface area (Å²) < 4.78 is 5.65. The van der Waals surface area contributed by atoms with Gasteiger partial charge in [-0.25, -0.2) is 0 Å². The number of aryl methyl sites for hydroxylation is 1. The molecule has 0 bridgehead atoms. The van der Waals surface area contributed by atoms with E-state index in [-0.39, 0.29) is 5.91 Å². The lowest BCUT2D eigenvalue weighted by Gasteiger charge is -2.34. The van der Waals surface area contributed by atoms with Gasteiger partial charge in [0.25, 0.3) is 0 Å². The molecule has 0 spiro atoms. The Labute approximate surface area is 155 Å². The summed E-state index contributed by atoms with van der Waals surface area (Å²) in [5.41, 5.74) is 2.33. The number of rotatable bonds is 7. The lowest BCUT2D eigenvalue weighted by atomic mass is 10.1. The van der Waals surface area contributed by atoms with E-state index in [0.717, 1.165) is 50.5 Å². The standard InChI is InChI=1S/C21H27N3O2/c1-2-26-20-8-4-3-7-19(20)9-10-21(25)24-14-12-23(13-15-24)17-18-6-5-11-22-16-18/h3-8,11,16H,2,9-10,12-15,17H2,1H3. The van der Waals surface area contributed by atoms with Crippen molar-refractivity contribution in [1.82, 2.24) is 14.8 Å². The monoisotopic (exact) mass is 353 g/mol. The number of nitrogens with zero attached hydrogens (tertiary/aromatic N) is 3. The first kappa shape index (κ1) is 18.4. The first-order valence-corrected chi connectivity index (χ1v) is 9.36. The number of ether oxygens (including phenoxy) is 1. The number of hydrogen-bond donors (Lipinski definition) is 0. The minimum absolute atomic E-state index is 0.234. The number of hydrogen-bond acceptors (Lipinski definition) is 4. The van der Waals surface area contributed by atoms with Gasteiger partial charge < -0.3 is 9.64 Å². The van der Waals surface area contributed by atoms with Crippen LogP contribution in [-0.2, 0) is 17.8 Å². The summed E-state index contributed by atoms with van der Waals surface area (Å²) in [5.74, 6) is 1.13. The molecule has 1 aromatic carbocycles. The minimum Gasteiger partial charge on any atom is -0.494 e. The van der Waals surface area contributed by atoms with Crippen molar-refractivity contribution in [2.75, 3.05) is 32.8 Å². The molecule has 1 fully saturated rings. The van der Waals surface area contributed by atoms with Gasteiger partial charge in [-0.1, -0.05) is 24.3 Å². The second-order valence-electron chi connectivity index (χ2n) is 6.56. The Bertz CT molecular complexity index is 697. The van der Waals surface area contributed by atoms with Crippen molar-refractivity contribution in [3.05, 3.63) is 59.9 Å². The number of carbonyl (C=O) groups excluding carboxylic acids is 1. The highest BCUT2D eigenvalue weighted by Gasteiger charge is 2.21. The molecule has 1 aliphatic heterocycles. The van der Waals surface area contributed by atoms with Gasteiger partial charge in [-0.15, -0.1) is 0 Å². The molecule has 0 radical (unpaired) electrons. The normalized spacial score (nSPS) is 15.0. The predicted molar refractivity (Wildman–Crippen MR) is 102 cm³/mol. The lowest BCUT2D eigenvalue weighted by Crippen LogP contribution is -2.48. The lowest BCUT2D eigenvalue weighted by molar-refractivity contribution is -0.133. The average molecular weight is 353 g/mol. The number of carbonyl (C=O) groups is 1. The molecule has 0 N–H and O–H groups in total. The Hall–Kier alpha value is -2.40. The zero-order valence-electron chi connectivity index (χ0n) is 15.4. The fourth-order valence-electron chi connectivity index (χ4n) is 3.31. The first-order valence-electron chi connectivity index (χ1n) is 9.36. The van der Waals surface area contributed by atoms with Gasteiger partial charge in [0.15, 0.2) is 0 Å². The number of pyridine rings is 1. The maximum atomic E-state index is 12.6. The summed E-state index contributed by atoms with van der Waals surface area (Å²) in [7, 11) is 0. The van der Waals surface area contributed by atoms with E-state index in [1.165, 1.54) is 5.56 Å². The number of para-hydroxylation sites is 1. The Morgan fingerprint density at radius 2 is 1.92 bits per heavy atom. The van der Waals surface area contributed by atoms with Crippen molar-refractivity contribution in [3.63, 3.8) is 0 Å². The second-order valence-corrected chi connectivity index (χ2v) is 6.56. The van der Waals surface area contributed by atoms with E-state index in [4.69, 9.17) is 4.74 Å². The van der Waals surface area contributed by atoms with E-state index < -0.39 is 0 Å². The van der Waals surface area contributed by atoms with Gasteiger partial charge in [-0.3, -0.25) is 14.7 Å². The number of benzene rings is 1. The van der Waals surface area contributed by atoms with E-state index >= 15 is 0 Å². The largest absolute Gasteiger partial charge is 0.494 e. The zero-order chi connectivity index (χ0) is 18.2. The smallest absolute Gasteiger partial charge is 0.222 e. The summed E-state index contributed by atoms with van der Waals surface area (Å²) in [5, 5.41) is 0. The van der Waals surface area contributed by atoms with Crippen LogP contribution in [0.15, 0.2) is 48.8 Å². The molecule has 0 atom stereocenters. The highest BCUT2D eigenvalue weighted by atomic mass is 16.5. The molecule has 0 saturated carbocycles. The van der Waals surface area contributed by atoms with Crippen molar-refractivity contribution in [3.8, 4) is 5.75 Å². The summed E-state index contributed by atoms with van der Waals surface area (Å²) in [4.78, 5) is 21.1. The molecule has 1 amide bonds. The van der Waals surface area contributed by atoms with Crippen molar-refractivity contribution in [1.29, 1.82) is 0 Å². The molecule has 5 heteroatoms. The summed E-state index contributed by atoms with van der Waals surface area (Å²) in [6, 6.07) is 12.1. The van der Waals surface area contributed by atoms with Crippen LogP contribution >= 0.6 is 0 Å². The van der Waals surface area contributed by atoms with E-state index in [1.54, 1.807) is 6.20 Å². The molecular formula is C21H27N3O2. The third-order valence-corrected chi connectivity index (χ3v) is 4.73. The molecule has 0 aliphatic carbocycles. The van der Waals surface area contributed by atoms with Crippen LogP contribution in [0.5, 0.6) is 5.75 Å². The quantitative estimate of drug-likeness (QED) is 0.768. The molecule has 2 heterocycles. The van der Waals surface area contributed by atoms with Crippen LogP contribution in [0.3, 0.4) is 0 Å². The van der Waals surface area contributed by atoms with Crippen molar-refractivity contribution in [2.24, 2.45) is 0 Å². The van der Waals surface area contributed by atoms with Gasteiger partial charge in [0.05, 0.1) is 6.61 Å². The number of amides is 1. The molecule has 26 heavy (non-hydrogen) atoms. The van der Waals surface area contributed by atoms with Crippen molar-refractivity contribution < 1.29 is 9.53 Å². The second kappa shape index (κ2) is 9.34. The molecule has 1 aromatic heterocycles. The molecule has 5 nitrogen and oxygen atoms in total.